The third-order valence-electron chi connectivity index (χ3n) is 2.95. The molecule has 1 aromatic rings. The number of nitrogens with zero attached hydrogens (tertiary/aromatic N) is 2. The Kier molecular flexibility index (Phi) is 3.05. The maximum Gasteiger partial charge on any atom is 0.333 e. The number of carbonyl (C=O) groups is 1. The van der Waals surface area contributed by atoms with Crippen molar-refractivity contribution in [3.8, 4) is 5.75 Å². The van der Waals surface area contributed by atoms with E-state index in [1.165, 1.54) is 13.2 Å². The minimum Gasteiger partial charge on any atom is -0.490 e. The molecule has 0 bridgehead atoms. The van der Waals surface area contributed by atoms with Crippen LogP contribution in [0.2, 0.25) is 0 Å². The van der Waals surface area contributed by atoms with Crippen LogP contribution in [0.4, 0.5) is 11.4 Å². The van der Waals surface area contributed by atoms with Crippen LogP contribution in [0.15, 0.2) is 18.2 Å². The lowest BCUT2D eigenvalue weighted by Gasteiger charge is -2.38. The highest BCUT2D eigenvalue weighted by atomic mass is 16.6. The fourth-order valence-corrected chi connectivity index (χ4v) is 1.95. The van der Waals surface area contributed by atoms with Gasteiger partial charge in [-0.25, -0.2) is 0 Å². The molecule has 1 N–H and O–H groups in total. The molecular formula is C11H12N2O5. The van der Waals surface area contributed by atoms with Gasteiger partial charge in [-0.15, -0.1) is 0 Å². The minimum atomic E-state index is -0.878. The van der Waals surface area contributed by atoms with Gasteiger partial charge < -0.3 is 14.7 Å². The summed E-state index contributed by atoms with van der Waals surface area (Å²) in [6.07, 6.45) is 0. The summed E-state index contributed by atoms with van der Waals surface area (Å²) in [5.41, 5.74) is 0.278. The molecule has 0 aliphatic carbocycles. The van der Waals surface area contributed by atoms with E-state index >= 15 is 0 Å². The second-order valence-electron chi connectivity index (χ2n) is 4.03. The second-order valence-corrected chi connectivity index (χ2v) is 4.03. The molecule has 0 saturated carbocycles. The summed E-state index contributed by atoms with van der Waals surface area (Å²) in [5.74, 6) is -1.16. The van der Waals surface area contributed by atoms with Crippen molar-refractivity contribution in [3.63, 3.8) is 0 Å². The van der Waals surface area contributed by atoms with E-state index in [-0.39, 0.29) is 24.5 Å². The first-order valence-corrected chi connectivity index (χ1v) is 5.33. The van der Waals surface area contributed by atoms with Crippen LogP contribution in [0.3, 0.4) is 0 Å². The van der Waals surface area contributed by atoms with Crippen LogP contribution in [0.5, 0.6) is 5.75 Å². The number of hydrogen-bond donors (Lipinski definition) is 1. The lowest BCUT2D eigenvalue weighted by Crippen LogP contribution is -2.50. The van der Waals surface area contributed by atoms with E-state index in [9.17, 15) is 14.9 Å². The number of carboxylic acid groups (broad SMARTS) is 1. The van der Waals surface area contributed by atoms with Crippen molar-refractivity contribution in [3.05, 3.63) is 28.3 Å². The second kappa shape index (κ2) is 4.52. The maximum absolute atomic E-state index is 11.0. The summed E-state index contributed by atoms with van der Waals surface area (Å²) >= 11 is 0. The van der Waals surface area contributed by atoms with E-state index in [0.717, 1.165) is 0 Å². The Bertz CT molecular complexity index is 496. The number of nitro groups is 1. The Labute approximate surface area is 103 Å². The van der Waals surface area contributed by atoms with E-state index in [2.05, 4.69) is 0 Å². The summed E-state index contributed by atoms with van der Waals surface area (Å²) in [7, 11) is 1.36. The highest BCUT2D eigenvalue weighted by Crippen LogP contribution is 2.39. The van der Waals surface area contributed by atoms with Gasteiger partial charge in [0, 0.05) is 13.1 Å². The van der Waals surface area contributed by atoms with E-state index < -0.39 is 16.8 Å². The molecule has 18 heavy (non-hydrogen) atoms. The predicted octanol–water partition coefficient (Wildman–Crippen LogP) is 1.12. The van der Waals surface area contributed by atoms with E-state index in [1.54, 1.807) is 17.0 Å². The number of rotatable bonds is 4. The van der Waals surface area contributed by atoms with Crippen LogP contribution in [-0.2, 0) is 4.79 Å². The number of anilines is 1. The van der Waals surface area contributed by atoms with Gasteiger partial charge in [0.15, 0.2) is 5.75 Å². The molecule has 0 unspecified atom stereocenters. The summed E-state index contributed by atoms with van der Waals surface area (Å²) in [5, 5.41) is 19.8. The molecule has 1 aliphatic rings. The number of ether oxygens (including phenoxy) is 1. The molecule has 7 heteroatoms. The summed E-state index contributed by atoms with van der Waals surface area (Å²) < 4.78 is 4.96. The zero-order valence-corrected chi connectivity index (χ0v) is 9.70. The maximum atomic E-state index is 11.0. The van der Waals surface area contributed by atoms with Gasteiger partial charge in [-0.2, -0.15) is 0 Å². The zero-order chi connectivity index (χ0) is 13.3. The van der Waals surface area contributed by atoms with Crippen LogP contribution in [0.1, 0.15) is 0 Å². The molecule has 1 fully saturated rings. The van der Waals surface area contributed by atoms with Crippen LogP contribution in [-0.4, -0.2) is 36.2 Å². The van der Waals surface area contributed by atoms with Crippen molar-refractivity contribution in [1.29, 1.82) is 0 Å². The molecule has 0 amide bonds. The average Bonchev–Trinajstić information content (AvgIpc) is 2.25. The minimum absolute atomic E-state index is 0.121. The molecule has 1 aromatic carbocycles. The first-order chi connectivity index (χ1) is 8.54. The van der Waals surface area contributed by atoms with Crippen molar-refractivity contribution in [2.24, 2.45) is 5.92 Å². The largest absolute Gasteiger partial charge is 0.490 e. The van der Waals surface area contributed by atoms with Gasteiger partial charge in [-0.05, 0) is 12.1 Å². The lowest BCUT2D eigenvalue weighted by atomic mass is 9.99. The molecule has 0 spiro atoms. The number of carboxylic acids is 1. The Morgan fingerprint density at radius 3 is 2.72 bits per heavy atom. The van der Waals surface area contributed by atoms with Crippen LogP contribution in [0.25, 0.3) is 0 Å². The number of aliphatic carboxylic acids is 1. The fraction of sp³-hybridized carbons (Fsp3) is 0.364. The van der Waals surface area contributed by atoms with Crippen LogP contribution in [0, 0.1) is 16.0 Å². The Balaban J connectivity index is 2.29. The van der Waals surface area contributed by atoms with Gasteiger partial charge in [0.05, 0.1) is 18.0 Å². The SMILES string of the molecule is COc1cccc(N2CC(C(=O)O)C2)c1[N+](=O)[O-]. The number of para-hydroxylation sites is 1. The quantitative estimate of drug-likeness (QED) is 0.637. The van der Waals surface area contributed by atoms with Crippen molar-refractivity contribution in [1.82, 2.24) is 0 Å². The standard InChI is InChI=1S/C11H12N2O5/c1-18-9-4-2-3-8(10(9)13(16)17)12-5-7(6-12)11(14)15/h2-4,7H,5-6H2,1H3,(H,14,15). The molecular weight excluding hydrogens is 240 g/mol. The highest BCUT2D eigenvalue weighted by Gasteiger charge is 2.36. The summed E-state index contributed by atoms with van der Waals surface area (Å²) in [6, 6.07) is 4.75. The smallest absolute Gasteiger partial charge is 0.333 e. The summed E-state index contributed by atoms with van der Waals surface area (Å²) in [6.45, 7) is 0.562. The predicted molar refractivity (Wildman–Crippen MR) is 63.0 cm³/mol. The number of hydrogen-bond acceptors (Lipinski definition) is 5. The molecule has 0 radical (unpaired) electrons. The van der Waals surface area contributed by atoms with Crippen molar-refractivity contribution in [2.45, 2.75) is 0 Å². The lowest BCUT2D eigenvalue weighted by molar-refractivity contribution is -0.385. The van der Waals surface area contributed by atoms with Gasteiger partial charge in [0.2, 0.25) is 0 Å². The number of benzene rings is 1. The molecule has 1 heterocycles. The molecule has 96 valence electrons. The molecule has 7 nitrogen and oxygen atoms in total. The van der Waals surface area contributed by atoms with E-state index in [0.29, 0.717) is 5.69 Å². The Morgan fingerprint density at radius 2 is 2.22 bits per heavy atom. The average molecular weight is 252 g/mol. The van der Waals surface area contributed by atoms with Crippen LogP contribution < -0.4 is 9.64 Å². The molecule has 1 saturated heterocycles. The third kappa shape index (κ3) is 1.94. The van der Waals surface area contributed by atoms with Crippen molar-refractivity contribution >= 4 is 17.3 Å². The van der Waals surface area contributed by atoms with Gasteiger partial charge in [-0.1, -0.05) is 6.07 Å². The molecule has 1 aliphatic heterocycles. The molecule has 0 atom stereocenters. The van der Waals surface area contributed by atoms with Crippen LogP contribution >= 0.6 is 0 Å². The number of nitro benzene ring substituents is 1. The van der Waals surface area contributed by atoms with E-state index in [1.807, 2.05) is 0 Å². The van der Waals surface area contributed by atoms with Crippen molar-refractivity contribution < 1.29 is 19.6 Å². The van der Waals surface area contributed by atoms with Gasteiger partial charge in [0.25, 0.3) is 0 Å². The first-order valence-electron chi connectivity index (χ1n) is 5.33. The van der Waals surface area contributed by atoms with Crippen molar-refractivity contribution in [2.75, 3.05) is 25.1 Å². The monoisotopic (exact) mass is 252 g/mol. The Hall–Kier alpha value is -2.31. The van der Waals surface area contributed by atoms with Gasteiger partial charge >= 0.3 is 11.7 Å². The van der Waals surface area contributed by atoms with E-state index in [4.69, 9.17) is 9.84 Å². The third-order valence-corrected chi connectivity index (χ3v) is 2.95. The topological polar surface area (TPSA) is 92.9 Å². The summed E-state index contributed by atoms with van der Waals surface area (Å²) in [4.78, 5) is 22.9. The zero-order valence-electron chi connectivity index (χ0n) is 9.70. The highest BCUT2D eigenvalue weighted by molar-refractivity contribution is 5.77. The van der Waals surface area contributed by atoms with Gasteiger partial charge in [-0.3, -0.25) is 14.9 Å². The Morgan fingerprint density at radius 1 is 1.56 bits per heavy atom. The van der Waals surface area contributed by atoms with Gasteiger partial charge in [0.1, 0.15) is 5.69 Å². The number of methoxy groups -OCH3 is 1. The molecule has 2 rings (SSSR count). The first kappa shape index (κ1) is 12.2. The molecule has 0 aromatic heterocycles. The fourth-order valence-electron chi connectivity index (χ4n) is 1.95. The normalized spacial score (nSPS) is 15.1.